The Hall–Kier alpha value is -0.570. The van der Waals surface area contributed by atoms with Gasteiger partial charge < -0.3 is 10.6 Å². The first-order chi connectivity index (χ1) is 8.86. The Kier molecular flexibility index (Phi) is 4.24. The van der Waals surface area contributed by atoms with Gasteiger partial charge in [-0.2, -0.15) is 0 Å². The van der Waals surface area contributed by atoms with Gasteiger partial charge in [0, 0.05) is 12.6 Å². The normalized spacial score (nSPS) is 31.6. The van der Waals surface area contributed by atoms with Crippen LogP contribution in [0.3, 0.4) is 0 Å². The van der Waals surface area contributed by atoms with Crippen LogP contribution < -0.4 is 10.6 Å². The minimum absolute atomic E-state index is 0.174. The molecule has 110 valence electrons. The lowest BCUT2D eigenvalue weighted by molar-refractivity contribution is -0.133. The van der Waals surface area contributed by atoms with Crippen LogP contribution in [-0.4, -0.2) is 25.0 Å². The smallest absolute Gasteiger partial charge is 0.228 e. The fourth-order valence-corrected chi connectivity index (χ4v) is 3.53. The van der Waals surface area contributed by atoms with E-state index in [4.69, 9.17) is 0 Å². The van der Waals surface area contributed by atoms with E-state index in [1.54, 1.807) is 0 Å². The highest BCUT2D eigenvalue weighted by Crippen LogP contribution is 2.37. The van der Waals surface area contributed by atoms with E-state index in [1.807, 2.05) is 0 Å². The summed E-state index contributed by atoms with van der Waals surface area (Å²) >= 11 is 0. The van der Waals surface area contributed by atoms with Gasteiger partial charge in [-0.3, -0.25) is 4.79 Å². The summed E-state index contributed by atoms with van der Waals surface area (Å²) in [5.41, 5.74) is 0.291. The predicted octanol–water partition coefficient (Wildman–Crippen LogP) is 2.71. The number of carbonyl (C=O) groups is 1. The molecule has 1 atom stereocenters. The molecule has 3 nitrogen and oxygen atoms in total. The third-order valence-corrected chi connectivity index (χ3v) is 5.42. The van der Waals surface area contributed by atoms with E-state index >= 15 is 0 Å². The van der Waals surface area contributed by atoms with Gasteiger partial charge in [-0.1, -0.05) is 27.7 Å². The van der Waals surface area contributed by atoms with Crippen LogP contribution >= 0.6 is 0 Å². The summed E-state index contributed by atoms with van der Waals surface area (Å²) < 4.78 is 0. The summed E-state index contributed by atoms with van der Waals surface area (Å²) in [6.45, 7) is 10.8. The van der Waals surface area contributed by atoms with Crippen molar-refractivity contribution in [3.05, 3.63) is 0 Å². The third-order valence-electron chi connectivity index (χ3n) is 5.42. The maximum atomic E-state index is 12.7. The largest absolute Gasteiger partial charge is 0.353 e. The van der Waals surface area contributed by atoms with Crippen LogP contribution in [0.5, 0.6) is 0 Å². The lowest BCUT2D eigenvalue weighted by atomic mass is 9.73. The Morgan fingerprint density at radius 1 is 1.21 bits per heavy atom. The summed E-state index contributed by atoms with van der Waals surface area (Å²) in [4.78, 5) is 12.7. The first-order valence-corrected chi connectivity index (χ1v) is 7.87. The Bertz CT molecular complexity index is 320. The summed E-state index contributed by atoms with van der Waals surface area (Å²) in [5.74, 6) is 0.694. The van der Waals surface area contributed by atoms with Gasteiger partial charge in [0.2, 0.25) is 5.91 Å². The molecule has 1 saturated carbocycles. The third kappa shape index (κ3) is 3.13. The maximum absolute atomic E-state index is 12.7. The topological polar surface area (TPSA) is 41.1 Å². The summed E-state index contributed by atoms with van der Waals surface area (Å²) in [7, 11) is 0. The molecule has 0 aromatic heterocycles. The molecule has 2 N–H and O–H groups in total. The van der Waals surface area contributed by atoms with Gasteiger partial charge in [-0.25, -0.2) is 0 Å². The van der Waals surface area contributed by atoms with Gasteiger partial charge >= 0.3 is 0 Å². The summed E-state index contributed by atoms with van der Waals surface area (Å²) in [5, 5.41) is 6.71. The number of rotatable bonds is 3. The highest BCUT2D eigenvalue weighted by molar-refractivity contribution is 5.83. The molecule has 1 saturated heterocycles. The summed E-state index contributed by atoms with van der Waals surface area (Å²) in [6.07, 6.45) is 5.71. The fourth-order valence-electron chi connectivity index (χ4n) is 3.53. The van der Waals surface area contributed by atoms with E-state index in [9.17, 15) is 4.79 Å². The number of amides is 1. The lowest BCUT2D eigenvalue weighted by Gasteiger charge is -2.38. The second-order valence-electron chi connectivity index (χ2n) is 7.65. The van der Waals surface area contributed by atoms with Crippen LogP contribution in [0.2, 0.25) is 0 Å². The maximum Gasteiger partial charge on any atom is 0.228 e. The molecular weight excluding hydrogens is 236 g/mol. The first-order valence-electron chi connectivity index (χ1n) is 7.87. The molecular formula is C16H30N2O. The molecule has 0 bridgehead atoms. The second kappa shape index (κ2) is 5.43. The predicted molar refractivity (Wildman–Crippen MR) is 78.9 cm³/mol. The van der Waals surface area contributed by atoms with Gasteiger partial charge in [0.1, 0.15) is 0 Å². The van der Waals surface area contributed by atoms with Crippen LogP contribution in [0.4, 0.5) is 0 Å². The van der Waals surface area contributed by atoms with Gasteiger partial charge in [-0.05, 0) is 50.0 Å². The highest BCUT2D eigenvalue weighted by atomic mass is 16.2. The molecule has 0 aromatic carbocycles. The van der Waals surface area contributed by atoms with Crippen molar-refractivity contribution >= 4 is 5.91 Å². The van der Waals surface area contributed by atoms with Gasteiger partial charge in [-0.15, -0.1) is 0 Å². The van der Waals surface area contributed by atoms with Crippen molar-refractivity contribution < 1.29 is 4.79 Å². The average molecular weight is 266 g/mol. The molecule has 1 amide bonds. The lowest BCUT2D eigenvalue weighted by Crippen LogP contribution is -2.50. The molecule has 1 unspecified atom stereocenters. The van der Waals surface area contributed by atoms with E-state index in [0.717, 1.165) is 32.4 Å². The monoisotopic (exact) mass is 266 g/mol. The average Bonchev–Trinajstić information content (AvgIpc) is 2.82. The van der Waals surface area contributed by atoms with Crippen molar-refractivity contribution in [2.75, 3.05) is 13.1 Å². The Balaban J connectivity index is 1.94. The van der Waals surface area contributed by atoms with E-state index < -0.39 is 0 Å². The van der Waals surface area contributed by atoms with Crippen molar-refractivity contribution in [2.24, 2.45) is 16.7 Å². The molecule has 19 heavy (non-hydrogen) atoms. The van der Waals surface area contributed by atoms with Gasteiger partial charge in [0.15, 0.2) is 0 Å². The van der Waals surface area contributed by atoms with Crippen LogP contribution in [0.25, 0.3) is 0 Å². The molecule has 0 aromatic rings. The fraction of sp³-hybridized carbons (Fsp3) is 0.938. The van der Waals surface area contributed by atoms with Crippen LogP contribution in [0.15, 0.2) is 0 Å². The molecule has 0 radical (unpaired) electrons. The Morgan fingerprint density at radius 2 is 1.84 bits per heavy atom. The SMILES string of the molecule is CC(C)C1(C(=O)NC2CCC(C)(C)CC2)CCNC1. The molecule has 2 aliphatic rings. The van der Waals surface area contributed by atoms with Crippen LogP contribution in [0, 0.1) is 16.7 Å². The number of hydrogen-bond donors (Lipinski definition) is 2. The zero-order valence-corrected chi connectivity index (χ0v) is 13.0. The molecule has 1 heterocycles. The van der Waals surface area contributed by atoms with Crippen LogP contribution in [0.1, 0.15) is 59.8 Å². The van der Waals surface area contributed by atoms with Gasteiger partial charge in [0.05, 0.1) is 5.41 Å². The van der Waals surface area contributed by atoms with Crippen molar-refractivity contribution in [1.29, 1.82) is 0 Å². The molecule has 1 aliphatic heterocycles. The number of hydrogen-bond acceptors (Lipinski definition) is 2. The van der Waals surface area contributed by atoms with Crippen LogP contribution in [-0.2, 0) is 4.79 Å². The summed E-state index contributed by atoms with van der Waals surface area (Å²) in [6, 6.07) is 0.400. The van der Waals surface area contributed by atoms with Crippen molar-refractivity contribution in [3.63, 3.8) is 0 Å². The molecule has 2 rings (SSSR count). The van der Waals surface area contributed by atoms with Gasteiger partial charge in [0.25, 0.3) is 0 Å². The highest BCUT2D eigenvalue weighted by Gasteiger charge is 2.44. The Labute approximate surface area is 117 Å². The first kappa shape index (κ1) is 14.8. The minimum atomic E-state index is -0.174. The second-order valence-corrected chi connectivity index (χ2v) is 7.65. The van der Waals surface area contributed by atoms with E-state index in [-0.39, 0.29) is 11.3 Å². The van der Waals surface area contributed by atoms with E-state index in [0.29, 0.717) is 17.4 Å². The number of carbonyl (C=O) groups excluding carboxylic acids is 1. The zero-order valence-electron chi connectivity index (χ0n) is 13.0. The zero-order chi connectivity index (χ0) is 14.1. The number of nitrogens with one attached hydrogen (secondary N) is 2. The van der Waals surface area contributed by atoms with E-state index in [2.05, 4.69) is 38.3 Å². The Morgan fingerprint density at radius 3 is 2.32 bits per heavy atom. The molecule has 0 spiro atoms. The molecule has 2 fully saturated rings. The quantitative estimate of drug-likeness (QED) is 0.824. The van der Waals surface area contributed by atoms with Crippen molar-refractivity contribution in [2.45, 2.75) is 65.8 Å². The standard InChI is InChI=1S/C16H30N2O/c1-12(2)16(9-10-17-11-16)14(19)18-13-5-7-15(3,4)8-6-13/h12-13,17H,5-11H2,1-4H3,(H,18,19). The van der Waals surface area contributed by atoms with E-state index in [1.165, 1.54) is 12.8 Å². The molecule has 3 heteroatoms. The minimum Gasteiger partial charge on any atom is -0.353 e. The molecule has 1 aliphatic carbocycles. The van der Waals surface area contributed by atoms with Crippen molar-refractivity contribution in [3.8, 4) is 0 Å². The van der Waals surface area contributed by atoms with Crippen molar-refractivity contribution in [1.82, 2.24) is 10.6 Å².